The highest BCUT2D eigenvalue weighted by Crippen LogP contribution is 2.16. The maximum atomic E-state index is 8.00. The summed E-state index contributed by atoms with van der Waals surface area (Å²) in [6.07, 6.45) is 4.42. The predicted molar refractivity (Wildman–Crippen MR) is 63.0 cm³/mol. The zero-order valence-corrected chi connectivity index (χ0v) is 9.71. The van der Waals surface area contributed by atoms with Crippen LogP contribution in [0.5, 0.6) is 0 Å². The van der Waals surface area contributed by atoms with E-state index in [2.05, 4.69) is 25.7 Å². The van der Waals surface area contributed by atoms with E-state index in [0.717, 1.165) is 32.2 Å². The van der Waals surface area contributed by atoms with Crippen molar-refractivity contribution in [1.82, 2.24) is 5.01 Å². The van der Waals surface area contributed by atoms with Crippen molar-refractivity contribution >= 4 is 12.6 Å². The molecule has 0 amide bonds. The topological polar surface area (TPSA) is 39.5 Å². The molecule has 0 saturated carbocycles. The van der Waals surface area contributed by atoms with E-state index in [0.29, 0.717) is 11.8 Å². The lowest BCUT2D eigenvalue weighted by atomic mass is 9.97. The minimum absolute atomic E-state index is 0.357. The van der Waals surface area contributed by atoms with E-state index < -0.39 is 0 Å². The Morgan fingerprint density at radius 1 is 1.29 bits per heavy atom. The average molecular weight is 197 g/mol. The molecule has 0 aliphatic rings. The maximum Gasteiger partial charge on any atom is 0.120 e. The van der Waals surface area contributed by atoms with E-state index in [1.165, 1.54) is 0 Å². The summed E-state index contributed by atoms with van der Waals surface area (Å²) in [6, 6.07) is 0. The Morgan fingerprint density at radius 2 is 1.79 bits per heavy atom. The Bertz CT molecular complexity index is 171. The van der Waals surface area contributed by atoms with Crippen molar-refractivity contribution in [2.75, 3.05) is 6.54 Å². The first-order chi connectivity index (χ1) is 6.71. The predicted octanol–water partition coefficient (Wildman–Crippen LogP) is 3.12. The Labute approximate surface area is 87.7 Å². The van der Waals surface area contributed by atoms with Gasteiger partial charge in [0, 0.05) is 19.2 Å². The second kappa shape index (κ2) is 7.54. The molecule has 0 atom stereocenters. The highest BCUT2D eigenvalue weighted by Gasteiger charge is 2.17. The molecule has 3 nitrogen and oxygen atoms in total. The van der Waals surface area contributed by atoms with Gasteiger partial charge < -0.3 is 0 Å². The van der Waals surface area contributed by atoms with Crippen LogP contribution in [0.25, 0.3) is 0 Å². The van der Waals surface area contributed by atoms with Crippen molar-refractivity contribution in [2.24, 2.45) is 11.0 Å². The Morgan fingerprint density at radius 3 is 2.07 bits per heavy atom. The van der Waals surface area contributed by atoms with Crippen molar-refractivity contribution in [2.45, 2.75) is 46.5 Å². The average Bonchev–Trinajstić information content (AvgIpc) is 2.19. The largest absolute Gasteiger partial charge is 0.287 e. The van der Waals surface area contributed by atoms with Crippen molar-refractivity contribution in [1.29, 1.82) is 5.41 Å². The summed E-state index contributed by atoms with van der Waals surface area (Å²) in [4.78, 5) is 0. The van der Waals surface area contributed by atoms with Crippen LogP contribution in [-0.2, 0) is 0 Å². The fourth-order valence-corrected chi connectivity index (χ4v) is 1.67. The Kier molecular flexibility index (Phi) is 7.07. The van der Waals surface area contributed by atoms with E-state index in [4.69, 9.17) is 5.41 Å². The number of nitrogens with one attached hydrogen (secondary N) is 1. The van der Waals surface area contributed by atoms with Gasteiger partial charge in [-0.25, -0.2) is 0 Å². The molecule has 0 aromatic carbocycles. The third-order valence-electron chi connectivity index (χ3n) is 2.41. The maximum absolute atomic E-state index is 8.00. The summed E-state index contributed by atoms with van der Waals surface area (Å²) in [7, 11) is 0. The van der Waals surface area contributed by atoms with Gasteiger partial charge in [-0.15, -0.1) is 0 Å². The second-order valence-corrected chi connectivity index (χ2v) is 3.52. The second-order valence-electron chi connectivity index (χ2n) is 3.52. The lowest BCUT2D eigenvalue weighted by Crippen LogP contribution is -2.31. The molecule has 0 saturated heterocycles. The molecule has 14 heavy (non-hydrogen) atoms. The SMILES string of the molecule is C=NN(CC)C(=N)C(CCC)CCC. The van der Waals surface area contributed by atoms with E-state index in [9.17, 15) is 0 Å². The first-order valence-corrected chi connectivity index (χ1v) is 5.53. The molecule has 0 heterocycles. The minimum Gasteiger partial charge on any atom is -0.287 e. The Balaban J connectivity index is 4.31. The van der Waals surface area contributed by atoms with Crippen LogP contribution in [0, 0.1) is 11.3 Å². The van der Waals surface area contributed by atoms with Gasteiger partial charge in [0.2, 0.25) is 0 Å². The standard InChI is InChI=1S/C11H23N3/c1-5-8-10(9-6-2)11(12)14(7-3)13-4/h10,12H,4-9H2,1-3H3. The highest BCUT2D eigenvalue weighted by molar-refractivity contribution is 5.81. The van der Waals surface area contributed by atoms with Crippen LogP contribution >= 0.6 is 0 Å². The van der Waals surface area contributed by atoms with Crippen LogP contribution in [0.2, 0.25) is 0 Å². The van der Waals surface area contributed by atoms with E-state index >= 15 is 0 Å². The summed E-state index contributed by atoms with van der Waals surface area (Å²) in [5.74, 6) is 0.988. The molecule has 0 aliphatic carbocycles. The van der Waals surface area contributed by atoms with Crippen molar-refractivity contribution < 1.29 is 0 Å². The summed E-state index contributed by atoms with van der Waals surface area (Å²) < 4.78 is 0. The monoisotopic (exact) mass is 197 g/mol. The quantitative estimate of drug-likeness (QED) is 0.380. The molecule has 82 valence electrons. The van der Waals surface area contributed by atoms with Crippen molar-refractivity contribution in [3.8, 4) is 0 Å². The van der Waals surface area contributed by atoms with Crippen molar-refractivity contribution in [3.05, 3.63) is 0 Å². The molecule has 0 aromatic rings. The van der Waals surface area contributed by atoms with Gasteiger partial charge in [-0.3, -0.25) is 10.4 Å². The first-order valence-electron chi connectivity index (χ1n) is 5.53. The summed E-state index contributed by atoms with van der Waals surface area (Å²) in [6.45, 7) is 10.6. The van der Waals surface area contributed by atoms with Gasteiger partial charge in [-0.2, -0.15) is 5.10 Å². The molecule has 0 fully saturated rings. The van der Waals surface area contributed by atoms with Crippen LogP contribution in [0.15, 0.2) is 5.10 Å². The minimum atomic E-state index is 0.357. The summed E-state index contributed by atoms with van der Waals surface area (Å²) in [5, 5.41) is 13.5. The third-order valence-corrected chi connectivity index (χ3v) is 2.41. The number of rotatable bonds is 7. The normalized spacial score (nSPS) is 10.3. The number of hydrogen-bond donors (Lipinski definition) is 1. The van der Waals surface area contributed by atoms with Gasteiger partial charge in [0.1, 0.15) is 5.84 Å². The molecular weight excluding hydrogens is 174 g/mol. The molecule has 1 N–H and O–H groups in total. The molecule has 0 unspecified atom stereocenters. The first kappa shape index (κ1) is 13.1. The molecule has 0 rings (SSSR count). The van der Waals surface area contributed by atoms with Crippen molar-refractivity contribution in [3.63, 3.8) is 0 Å². The van der Waals surface area contributed by atoms with Gasteiger partial charge in [0.15, 0.2) is 0 Å². The smallest absolute Gasteiger partial charge is 0.120 e. The van der Waals surface area contributed by atoms with Gasteiger partial charge in [-0.1, -0.05) is 26.7 Å². The number of nitrogens with zero attached hydrogens (tertiary/aromatic N) is 2. The van der Waals surface area contributed by atoms with Crippen LogP contribution in [-0.4, -0.2) is 24.1 Å². The van der Waals surface area contributed by atoms with Crippen LogP contribution in [0.3, 0.4) is 0 Å². The molecule has 0 radical (unpaired) electrons. The lowest BCUT2D eigenvalue weighted by Gasteiger charge is -2.24. The number of hydrogen-bond acceptors (Lipinski definition) is 2. The van der Waals surface area contributed by atoms with Crippen LogP contribution in [0.4, 0.5) is 0 Å². The molecular formula is C11H23N3. The molecule has 0 aromatic heterocycles. The van der Waals surface area contributed by atoms with Gasteiger partial charge in [0.25, 0.3) is 0 Å². The molecule has 0 spiro atoms. The molecule has 3 heteroatoms. The lowest BCUT2D eigenvalue weighted by molar-refractivity contribution is 0.412. The highest BCUT2D eigenvalue weighted by atomic mass is 15.5. The van der Waals surface area contributed by atoms with Gasteiger partial charge in [-0.05, 0) is 19.8 Å². The van der Waals surface area contributed by atoms with Gasteiger partial charge in [0.05, 0.1) is 0 Å². The number of hydrazone groups is 1. The Hall–Kier alpha value is -0.860. The molecule has 0 aliphatic heterocycles. The van der Waals surface area contributed by atoms with Crippen LogP contribution in [0.1, 0.15) is 46.5 Å². The molecule has 0 bridgehead atoms. The number of amidine groups is 1. The van der Waals surface area contributed by atoms with E-state index in [1.807, 2.05) is 6.92 Å². The van der Waals surface area contributed by atoms with E-state index in [-0.39, 0.29) is 0 Å². The van der Waals surface area contributed by atoms with E-state index in [1.54, 1.807) is 5.01 Å². The fraction of sp³-hybridized carbons (Fsp3) is 0.818. The zero-order chi connectivity index (χ0) is 11.0. The zero-order valence-electron chi connectivity index (χ0n) is 9.71. The van der Waals surface area contributed by atoms with Gasteiger partial charge >= 0.3 is 0 Å². The summed E-state index contributed by atoms with van der Waals surface area (Å²) >= 11 is 0. The fourth-order valence-electron chi connectivity index (χ4n) is 1.67. The third kappa shape index (κ3) is 3.90. The summed E-state index contributed by atoms with van der Waals surface area (Å²) in [5.41, 5.74) is 0. The van der Waals surface area contributed by atoms with Crippen LogP contribution < -0.4 is 0 Å².